The number of aliphatic hydroxyl groups is 1. The van der Waals surface area contributed by atoms with Crippen molar-refractivity contribution in [2.45, 2.75) is 31.5 Å². The average molecular weight is 378 g/mol. The quantitative estimate of drug-likeness (QED) is 0.589. The molecule has 2 aromatic carbocycles. The number of nitrogens with one attached hydrogen (secondary N) is 2. The summed E-state index contributed by atoms with van der Waals surface area (Å²) in [4.78, 5) is 2.60. The molecule has 3 N–H and O–H groups in total. The SMILES string of the molecule is OCCOc1cccc(CN2C[C@H]3C[C@@H]2[C@H](Nc2ccc4[nH]ncc4c2)C3)c1. The maximum absolute atomic E-state index is 8.95. The second-order valence-corrected chi connectivity index (χ2v) is 7.98. The van der Waals surface area contributed by atoms with Gasteiger partial charge in [0.25, 0.3) is 0 Å². The summed E-state index contributed by atoms with van der Waals surface area (Å²) >= 11 is 0. The second-order valence-electron chi connectivity index (χ2n) is 7.98. The van der Waals surface area contributed by atoms with Crippen LogP contribution in [0.2, 0.25) is 0 Å². The standard InChI is InChI=1S/C22H26N4O2/c27-6-7-28-19-3-1-2-15(8-19)13-26-14-16-9-21(22(26)10-16)24-18-4-5-20-17(11-18)12-23-25-20/h1-5,8,11-12,16,21-22,24,27H,6-7,9-10,13-14H2,(H,23,25)/t16-,21-,22-/m1/s1. The van der Waals surface area contributed by atoms with Crippen molar-refractivity contribution in [1.29, 1.82) is 0 Å². The summed E-state index contributed by atoms with van der Waals surface area (Å²) in [5.41, 5.74) is 3.51. The van der Waals surface area contributed by atoms with Crippen LogP contribution in [0.25, 0.3) is 10.9 Å². The molecule has 0 radical (unpaired) electrons. The third-order valence-corrected chi connectivity index (χ3v) is 6.02. The Morgan fingerprint density at radius 2 is 2.18 bits per heavy atom. The maximum Gasteiger partial charge on any atom is 0.119 e. The number of fused-ring (bicyclic) bond motifs is 3. The first-order valence-electron chi connectivity index (χ1n) is 10.0. The Kier molecular flexibility index (Phi) is 4.66. The highest BCUT2D eigenvalue weighted by molar-refractivity contribution is 5.81. The highest BCUT2D eigenvalue weighted by Crippen LogP contribution is 2.40. The molecule has 0 unspecified atom stereocenters. The highest BCUT2D eigenvalue weighted by atomic mass is 16.5. The van der Waals surface area contributed by atoms with Gasteiger partial charge < -0.3 is 15.2 Å². The number of H-pyrrole nitrogens is 1. The fraction of sp³-hybridized carbons (Fsp3) is 0.409. The zero-order chi connectivity index (χ0) is 18.9. The molecule has 1 aromatic heterocycles. The fourth-order valence-corrected chi connectivity index (χ4v) is 4.85. The van der Waals surface area contributed by atoms with E-state index in [0.29, 0.717) is 18.7 Å². The van der Waals surface area contributed by atoms with Crippen LogP contribution in [0.3, 0.4) is 0 Å². The van der Waals surface area contributed by atoms with E-state index in [0.717, 1.165) is 29.1 Å². The molecular formula is C22H26N4O2. The van der Waals surface area contributed by atoms with E-state index in [1.54, 1.807) is 0 Å². The normalized spacial score (nSPS) is 24.1. The molecule has 0 spiro atoms. The minimum atomic E-state index is 0.0397. The molecule has 3 atom stereocenters. The third-order valence-electron chi connectivity index (χ3n) is 6.02. The summed E-state index contributed by atoms with van der Waals surface area (Å²) in [6.07, 6.45) is 4.38. The minimum Gasteiger partial charge on any atom is -0.491 e. The number of likely N-dealkylation sites (tertiary alicyclic amines) is 1. The van der Waals surface area contributed by atoms with Crippen LogP contribution in [0.4, 0.5) is 5.69 Å². The lowest BCUT2D eigenvalue weighted by Crippen LogP contribution is -2.44. The smallest absolute Gasteiger partial charge is 0.119 e. The van der Waals surface area contributed by atoms with Gasteiger partial charge in [-0.1, -0.05) is 12.1 Å². The summed E-state index contributed by atoms with van der Waals surface area (Å²) in [6, 6.07) is 15.7. The van der Waals surface area contributed by atoms with Gasteiger partial charge in [0, 0.05) is 36.2 Å². The van der Waals surface area contributed by atoms with Gasteiger partial charge in [0.2, 0.25) is 0 Å². The Bertz CT molecular complexity index is 956. The van der Waals surface area contributed by atoms with E-state index >= 15 is 0 Å². The van der Waals surface area contributed by atoms with Crippen LogP contribution in [0.5, 0.6) is 5.75 Å². The van der Waals surface area contributed by atoms with E-state index in [1.807, 2.05) is 18.3 Å². The summed E-state index contributed by atoms with van der Waals surface area (Å²) in [6.45, 7) is 2.49. The predicted octanol–water partition coefficient (Wildman–Crippen LogP) is 3.01. The molecule has 2 bridgehead atoms. The Labute approximate surface area is 164 Å². The summed E-state index contributed by atoms with van der Waals surface area (Å²) in [5, 5.41) is 21.0. The zero-order valence-electron chi connectivity index (χ0n) is 15.8. The number of hydrogen-bond donors (Lipinski definition) is 3. The molecule has 2 aliphatic rings. The second kappa shape index (κ2) is 7.45. The van der Waals surface area contributed by atoms with E-state index in [9.17, 15) is 0 Å². The molecule has 1 aliphatic carbocycles. The van der Waals surface area contributed by atoms with Crippen LogP contribution in [-0.2, 0) is 6.54 Å². The molecule has 1 saturated carbocycles. The van der Waals surface area contributed by atoms with Gasteiger partial charge in [0.1, 0.15) is 12.4 Å². The van der Waals surface area contributed by atoms with Gasteiger partial charge >= 0.3 is 0 Å². The van der Waals surface area contributed by atoms with Crippen LogP contribution < -0.4 is 10.1 Å². The van der Waals surface area contributed by atoms with Crippen molar-refractivity contribution in [3.63, 3.8) is 0 Å². The topological polar surface area (TPSA) is 73.4 Å². The lowest BCUT2D eigenvalue weighted by molar-refractivity contribution is 0.191. The summed E-state index contributed by atoms with van der Waals surface area (Å²) in [5.74, 6) is 1.60. The van der Waals surface area contributed by atoms with E-state index in [2.05, 4.69) is 50.7 Å². The Morgan fingerprint density at radius 3 is 3.07 bits per heavy atom. The van der Waals surface area contributed by atoms with Crippen LogP contribution >= 0.6 is 0 Å². The molecule has 28 heavy (non-hydrogen) atoms. The zero-order valence-corrected chi connectivity index (χ0v) is 15.8. The molecule has 6 heteroatoms. The van der Waals surface area contributed by atoms with E-state index < -0.39 is 0 Å². The van der Waals surface area contributed by atoms with Gasteiger partial charge in [0.05, 0.1) is 18.3 Å². The average Bonchev–Trinajstić information content (AvgIpc) is 3.42. The van der Waals surface area contributed by atoms with E-state index in [-0.39, 0.29) is 6.61 Å². The van der Waals surface area contributed by atoms with Crippen molar-refractivity contribution in [2.24, 2.45) is 5.92 Å². The van der Waals surface area contributed by atoms with Gasteiger partial charge in [-0.25, -0.2) is 0 Å². The van der Waals surface area contributed by atoms with Gasteiger partial charge in [0.15, 0.2) is 0 Å². The van der Waals surface area contributed by atoms with Gasteiger partial charge in [-0.3, -0.25) is 10.00 Å². The molecular weight excluding hydrogens is 352 g/mol. The molecule has 1 saturated heterocycles. The number of ether oxygens (including phenoxy) is 1. The monoisotopic (exact) mass is 378 g/mol. The first-order chi connectivity index (χ1) is 13.8. The number of aromatic amines is 1. The number of aromatic nitrogens is 2. The first-order valence-corrected chi connectivity index (χ1v) is 10.0. The number of hydrogen-bond acceptors (Lipinski definition) is 5. The predicted molar refractivity (Wildman–Crippen MR) is 109 cm³/mol. The van der Waals surface area contributed by atoms with E-state index in [4.69, 9.17) is 9.84 Å². The molecule has 146 valence electrons. The van der Waals surface area contributed by atoms with Gasteiger partial charge in [-0.2, -0.15) is 5.10 Å². The third kappa shape index (κ3) is 3.45. The van der Waals surface area contributed by atoms with Crippen molar-refractivity contribution < 1.29 is 9.84 Å². The molecule has 6 nitrogen and oxygen atoms in total. The highest BCUT2D eigenvalue weighted by Gasteiger charge is 2.44. The maximum atomic E-state index is 8.95. The van der Waals surface area contributed by atoms with Crippen LogP contribution in [0, 0.1) is 5.92 Å². The van der Waals surface area contributed by atoms with Crippen molar-refractivity contribution in [2.75, 3.05) is 25.1 Å². The number of piperidine rings is 1. The fourth-order valence-electron chi connectivity index (χ4n) is 4.85. The first kappa shape index (κ1) is 17.5. The van der Waals surface area contributed by atoms with Gasteiger partial charge in [-0.05, 0) is 54.7 Å². The molecule has 0 amide bonds. The number of benzene rings is 2. The van der Waals surface area contributed by atoms with Crippen molar-refractivity contribution in [1.82, 2.24) is 15.1 Å². The van der Waals surface area contributed by atoms with Crippen molar-refractivity contribution in [3.05, 3.63) is 54.2 Å². The lowest BCUT2D eigenvalue weighted by atomic mass is 10.0. The van der Waals surface area contributed by atoms with Crippen LogP contribution in [-0.4, -0.2) is 52.0 Å². The largest absolute Gasteiger partial charge is 0.491 e. The van der Waals surface area contributed by atoms with Gasteiger partial charge in [-0.15, -0.1) is 0 Å². The number of nitrogens with zero attached hydrogens (tertiary/aromatic N) is 2. The minimum absolute atomic E-state index is 0.0397. The van der Waals surface area contributed by atoms with E-state index in [1.165, 1.54) is 30.6 Å². The summed E-state index contributed by atoms with van der Waals surface area (Å²) < 4.78 is 5.56. The number of aliphatic hydroxyl groups excluding tert-OH is 1. The summed E-state index contributed by atoms with van der Waals surface area (Å²) in [7, 11) is 0. The molecule has 2 heterocycles. The van der Waals surface area contributed by atoms with Crippen LogP contribution in [0.15, 0.2) is 48.7 Å². The molecule has 3 aromatic rings. The van der Waals surface area contributed by atoms with Crippen molar-refractivity contribution >= 4 is 16.6 Å². The Hall–Kier alpha value is -2.57. The number of anilines is 1. The Balaban J connectivity index is 1.26. The van der Waals surface area contributed by atoms with Crippen LogP contribution in [0.1, 0.15) is 18.4 Å². The Morgan fingerprint density at radius 1 is 1.21 bits per heavy atom. The molecule has 2 fully saturated rings. The van der Waals surface area contributed by atoms with Crippen molar-refractivity contribution in [3.8, 4) is 5.75 Å². The lowest BCUT2D eigenvalue weighted by Gasteiger charge is -2.34. The molecule has 1 aliphatic heterocycles. The molecule has 5 rings (SSSR count). The number of rotatable bonds is 7.